The third-order valence-corrected chi connectivity index (χ3v) is 2.60. The van der Waals surface area contributed by atoms with Crippen molar-refractivity contribution >= 4 is 5.69 Å². The first-order valence-corrected chi connectivity index (χ1v) is 5.03. The van der Waals surface area contributed by atoms with E-state index in [0.29, 0.717) is 22.7 Å². The van der Waals surface area contributed by atoms with Gasteiger partial charge in [0, 0.05) is 0 Å². The molecule has 0 aliphatic carbocycles. The molecule has 16 heavy (non-hydrogen) atoms. The van der Waals surface area contributed by atoms with Crippen LogP contribution in [0.5, 0.6) is 5.75 Å². The number of benzene rings is 1. The molecule has 84 valence electrons. The van der Waals surface area contributed by atoms with E-state index in [-0.39, 0.29) is 5.75 Å². The van der Waals surface area contributed by atoms with Gasteiger partial charge in [-0.25, -0.2) is 0 Å². The van der Waals surface area contributed by atoms with E-state index >= 15 is 0 Å². The summed E-state index contributed by atoms with van der Waals surface area (Å²) in [7, 11) is 0. The van der Waals surface area contributed by atoms with E-state index in [9.17, 15) is 5.11 Å². The monoisotopic (exact) mass is 218 g/mol. The van der Waals surface area contributed by atoms with E-state index in [4.69, 9.17) is 10.3 Å². The molecule has 0 amide bonds. The fraction of sp³-hybridized carbons (Fsp3) is 0.250. The van der Waals surface area contributed by atoms with Crippen LogP contribution in [0.1, 0.15) is 16.8 Å². The van der Waals surface area contributed by atoms with Crippen molar-refractivity contribution in [3.63, 3.8) is 0 Å². The highest BCUT2D eigenvalue weighted by Crippen LogP contribution is 2.37. The van der Waals surface area contributed by atoms with Crippen LogP contribution < -0.4 is 5.73 Å². The van der Waals surface area contributed by atoms with Crippen molar-refractivity contribution in [2.75, 3.05) is 5.73 Å². The zero-order valence-electron chi connectivity index (χ0n) is 9.53. The van der Waals surface area contributed by atoms with Crippen LogP contribution in [0, 0.1) is 20.8 Å². The van der Waals surface area contributed by atoms with E-state index in [1.807, 2.05) is 26.0 Å². The van der Waals surface area contributed by atoms with Crippen LogP contribution in [-0.2, 0) is 0 Å². The number of nitrogen functional groups attached to an aromatic ring is 1. The molecule has 2 aromatic rings. The Morgan fingerprint density at radius 2 is 1.94 bits per heavy atom. The van der Waals surface area contributed by atoms with Crippen LogP contribution in [0.2, 0.25) is 0 Å². The Labute approximate surface area is 93.7 Å². The molecular weight excluding hydrogens is 204 g/mol. The molecule has 0 bridgehead atoms. The standard InChI is InChI=1S/C12H14N2O2/c1-6-4-7(2)11(15)9(5-6)12-10(13)8(3)14-16-12/h4-5,15H,13H2,1-3H3. The number of aryl methyl sites for hydroxylation is 3. The summed E-state index contributed by atoms with van der Waals surface area (Å²) >= 11 is 0. The van der Waals surface area contributed by atoms with Crippen molar-refractivity contribution in [3.05, 3.63) is 29.0 Å². The predicted octanol–water partition coefficient (Wildman–Crippen LogP) is 2.55. The van der Waals surface area contributed by atoms with Gasteiger partial charge in [-0.15, -0.1) is 0 Å². The molecule has 0 aliphatic rings. The smallest absolute Gasteiger partial charge is 0.193 e. The molecule has 4 nitrogen and oxygen atoms in total. The topological polar surface area (TPSA) is 72.3 Å². The minimum Gasteiger partial charge on any atom is -0.507 e. The molecule has 0 fully saturated rings. The minimum absolute atomic E-state index is 0.188. The van der Waals surface area contributed by atoms with Gasteiger partial charge < -0.3 is 15.4 Å². The Morgan fingerprint density at radius 3 is 2.50 bits per heavy atom. The van der Waals surface area contributed by atoms with Gasteiger partial charge in [0.05, 0.1) is 5.56 Å². The highest BCUT2D eigenvalue weighted by Gasteiger charge is 2.17. The summed E-state index contributed by atoms with van der Waals surface area (Å²) in [6, 6.07) is 3.73. The van der Waals surface area contributed by atoms with E-state index < -0.39 is 0 Å². The average molecular weight is 218 g/mol. The van der Waals surface area contributed by atoms with Crippen LogP contribution in [0.4, 0.5) is 5.69 Å². The highest BCUT2D eigenvalue weighted by atomic mass is 16.5. The largest absolute Gasteiger partial charge is 0.507 e. The molecule has 0 atom stereocenters. The number of rotatable bonds is 1. The molecule has 0 unspecified atom stereocenters. The molecule has 0 aliphatic heterocycles. The van der Waals surface area contributed by atoms with Gasteiger partial charge in [-0.2, -0.15) is 0 Å². The first-order valence-electron chi connectivity index (χ1n) is 5.03. The zero-order valence-corrected chi connectivity index (χ0v) is 9.53. The number of nitrogens with two attached hydrogens (primary N) is 1. The Balaban J connectivity index is 2.69. The molecule has 0 saturated heterocycles. The van der Waals surface area contributed by atoms with Crippen molar-refractivity contribution in [2.24, 2.45) is 0 Å². The fourth-order valence-electron chi connectivity index (χ4n) is 1.70. The Kier molecular flexibility index (Phi) is 2.34. The van der Waals surface area contributed by atoms with Gasteiger partial charge in [0.1, 0.15) is 17.1 Å². The van der Waals surface area contributed by atoms with Crippen LogP contribution in [-0.4, -0.2) is 10.3 Å². The second kappa shape index (κ2) is 3.56. The molecule has 1 aromatic carbocycles. The SMILES string of the molecule is Cc1cc(C)c(O)c(-c2onc(C)c2N)c1. The summed E-state index contributed by atoms with van der Waals surface area (Å²) in [5, 5.41) is 13.7. The molecule has 0 radical (unpaired) electrons. The molecule has 2 rings (SSSR count). The van der Waals surface area contributed by atoms with Crippen molar-refractivity contribution < 1.29 is 9.63 Å². The summed E-state index contributed by atoms with van der Waals surface area (Å²) in [6.45, 7) is 5.56. The van der Waals surface area contributed by atoms with Gasteiger partial charge >= 0.3 is 0 Å². The number of aromatic nitrogens is 1. The molecular formula is C12H14N2O2. The number of anilines is 1. The molecule has 1 heterocycles. The van der Waals surface area contributed by atoms with E-state index in [1.54, 1.807) is 6.92 Å². The summed E-state index contributed by atoms with van der Waals surface area (Å²) in [6.07, 6.45) is 0. The van der Waals surface area contributed by atoms with E-state index in [0.717, 1.165) is 11.1 Å². The Bertz CT molecular complexity index is 544. The van der Waals surface area contributed by atoms with Crippen molar-refractivity contribution in [1.29, 1.82) is 0 Å². The first-order chi connectivity index (χ1) is 7.50. The van der Waals surface area contributed by atoms with Crippen LogP contribution >= 0.6 is 0 Å². The zero-order chi connectivity index (χ0) is 11.9. The van der Waals surface area contributed by atoms with Gasteiger partial charge in [0.2, 0.25) is 0 Å². The lowest BCUT2D eigenvalue weighted by Crippen LogP contribution is -1.90. The van der Waals surface area contributed by atoms with Gasteiger partial charge in [-0.3, -0.25) is 0 Å². The lowest BCUT2D eigenvalue weighted by molar-refractivity contribution is 0.421. The minimum atomic E-state index is 0.188. The van der Waals surface area contributed by atoms with Crippen LogP contribution in [0.15, 0.2) is 16.7 Å². The molecule has 0 saturated carbocycles. The molecule has 0 spiro atoms. The number of phenolic OH excluding ortho intramolecular Hbond substituents is 1. The number of hydrogen-bond acceptors (Lipinski definition) is 4. The summed E-state index contributed by atoms with van der Waals surface area (Å²) in [5.41, 5.74) is 9.37. The summed E-state index contributed by atoms with van der Waals surface area (Å²) < 4.78 is 5.14. The normalized spacial score (nSPS) is 10.7. The molecule has 3 N–H and O–H groups in total. The van der Waals surface area contributed by atoms with E-state index in [1.165, 1.54) is 0 Å². The lowest BCUT2D eigenvalue weighted by Gasteiger charge is -2.06. The lowest BCUT2D eigenvalue weighted by atomic mass is 10.0. The quantitative estimate of drug-likeness (QED) is 0.771. The molecule has 4 heteroatoms. The maximum atomic E-state index is 9.97. The number of phenols is 1. The van der Waals surface area contributed by atoms with Gasteiger partial charge in [-0.1, -0.05) is 11.2 Å². The highest BCUT2D eigenvalue weighted by molar-refractivity contribution is 5.78. The van der Waals surface area contributed by atoms with Gasteiger partial charge in [-0.05, 0) is 38.0 Å². The average Bonchev–Trinajstić information content (AvgIpc) is 2.54. The number of aromatic hydroxyl groups is 1. The first kappa shape index (κ1) is 10.5. The third kappa shape index (κ3) is 1.52. The van der Waals surface area contributed by atoms with E-state index in [2.05, 4.69) is 5.16 Å². The van der Waals surface area contributed by atoms with Gasteiger partial charge in [0.25, 0.3) is 0 Å². The fourth-order valence-corrected chi connectivity index (χ4v) is 1.70. The number of hydrogen-bond donors (Lipinski definition) is 2. The second-order valence-electron chi connectivity index (χ2n) is 3.99. The predicted molar refractivity (Wildman–Crippen MR) is 62.2 cm³/mol. The molecule has 1 aromatic heterocycles. The third-order valence-electron chi connectivity index (χ3n) is 2.60. The Morgan fingerprint density at radius 1 is 1.25 bits per heavy atom. The Hall–Kier alpha value is -1.97. The maximum absolute atomic E-state index is 9.97. The summed E-state index contributed by atoms with van der Waals surface area (Å²) in [4.78, 5) is 0. The van der Waals surface area contributed by atoms with Crippen LogP contribution in [0.25, 0.3) is 11.3 Å². The second-order valence-corrected chi connectivity index (χ2v) is 3.99. The van der Waals surface area contributed by atoms with Crippen LogP contribution in [0.3, 0.4) is 0 Å². The summed E-state index contributed by atoms with van der Waals surface area (Å²) in [5.74, 6) is 0.621. The van der Waals surface area contributed by atoms with Crippen molar-refractivity contribution in [2.45, 2.75) is 20.8 Å². The maximum Gasteiger partial charge on any atom is 0.193 e. The van der Waals surface area contributed by atoms with Crippen molar-refractivity contribution in [3.8, 4) is 17.1 Å². The van der Waals surface area contributed by atoms with Crippen molar-refractivity contribution in [1.82, 2.24) is 5.16 Å². The number of nitrogens with zero attached hydrogens (tertiary/aromatic N) is 1. The van der Waals surface area contributed by atoms with Gasteiger partial charge in [0.15, 0.2) is 5.76 Å².